The fourth-order valence-corrected chi connectivity index (χ4v) is 2.74. The molecular weight excluding hydrogens is 267 g/mol. The zero-order valence-electron chi connectivity index (χ0n) is 11.6. The largest absolute Gasteiger partial charge is 0.312 e. The van der Waals surface area contributed by atoms with Gasteiger partial charge in [-0.15, -0.1) is 0 Å². The maximum absolute atomic E-state index is 5.97. The molecule has 1 N–H and O–H groups in total. The average molecular weight is 289 g/mol. The van der Waals surface area contributed by atoms with E-state index in [9.17, 15) is 0 Å². The lowest BCUT2D eigenvalue weighted by Gasteiger charge is -2.28. The lowest BCUT2D eigenvalue weighted by Crippen LogP contribution is -2.37. The first-order valence-electron chi connectivity index (χ1n) is 6.09. The van der Waals surface area contributed by atoms with Crippen LogP contribution in [0.25, 0.3) is 0 Å². The van der Waals surface area contributed by atoms with E-state index in [1.54, 1.807) is 6.07 Å². The quantitative estimate of drug-likeness (QED) is 0.859. The zero-order chi connectivity index (χ0) is 13.8. The number of hydrogen-bond acceptors (Lipinski definition) is 2. The molecule has 0 bridgehead atoms. The van der Waals surface area contributed by atoms with Crippen molar-refractivity contribution in [3.05, 3.63) is 33.8 Å². The molecule has 1 aromatic carbocycles. The van der Waals surface area contributed by atoms with Crippen molar-refractivity contribution < 1.29 is 0 Å². The first kappa shape index (κ1) is 15.8. The molecule has 1 rings (SSSR count). The highest BCUT2D eigenvalue weighted by atomic mass is 35.5. The number of nitrogens with one attached hydrogen (secondary N) is 1. The van der Waals surface area contributed by atoms with Gasteiger partial charge in [-0.3, -0.25) is 0 Å². The van der Waals surface area contributed by atoms with Gasteiger partial charge >= 0.3 is 0 Å². The average Bonchev–Trinajstić information content (AvgIpc) is 2.12. The van der Waals surface area contributed by atoms with E-state index in [2.05, 4.69) is 38.2 Å². The van der Waals surface area contributed by atoms with Crippen LogP contribution in [0.5, 0.6) is 0 Å². The Balaban J connectivity index is 2.46. The van der Waals surface area contributed by atoms with Gasteiger partial charge in [0.05, 0.1) is 0 Å². The molecule has 2 nitrogen and oxygen atoms in total. The maximum Gasteiger partial charge on any atom is 0.0424 e. The summed E-state index contributed by atoms with van der Waals surface area (Å²) in [6, 6.07) is 5.64. The SMILES string of the molecule is CN(C)CC(C)(C)CNCc1cc(Cl)cc(Cl)c1. The topological polar surface area (TPSA) is 15.3 Å². The first-order chi connectivity index (χ1) is 8.28. The third-order valence-corrected chi connectivity index (χ3v) is 3.04. The van der Waals surface area contributed by atoms with Crippen LogP contribution in [-0.2, 0) is 6.54 Å². The zero-order valence-corrected chi connectivity index (χ0v) is 13.1. The predicted molar refractivity (Wildman–Crippen MR) is 80.5 cm³/mol. The Bertz CT molecular complexity index is 369. The van der Waals surface area contributed by atoms with Crippen molar-refractivity contribution in [2.75, 3.05) is 27.2 Å². The second-order valence-electron chi connectivity index (χ2n) is 5.78. The van der Waals surface area contributed by atoms with Gasteiger partial charge in [0.25, 0.3) is 0 Å². The second kappa shape index (κ2) is 6.76. The van der Waals surface area contributed by atoms with Crippen molar-refractivity contribution in [1.82, 2.24) is 10.2 Å². The van der Waals surface area contributed by atoms with Crippen LogP contribution < -0.4 is 5.32 Å². The number of halogens is 2. The van der Waals surface area contributed by atoms with Gasteiger partial charge in [-0.25, -0.2) is 0 Å². The molecule has 0 saturated carbocycles. The monoisotopic (exact) mass is 288 g/mol. The second-order valence-corrected chi connectivity index (χ2v) is 6.66. The Hall–Kier alpha value is -0.280. The summed E-state index contributed by atoms with van der Waals surface area (Å²) >= 11 is 11.9. The van der Waals surface area contributed by atoms with Crippen molar-refractivity contribution in [2.45, 2.75) is 20.4 Å². The molecule has 0 aliphatic carbocycles. The van der Waals surface area contributed by atoms with Crippen LogP contribution in [0.3, 0.4) is 0 Å². The summed E-state index contributed by atoms with van der Waals surface area (Å²) in [6.07, 6.45) is 0. The third-order valence-electron chi connectivity index (χ3n) is 2.60. The molecule has 0 saturated heterocycles. The highest BCUT2D eigenvalue weighted by Crippen LogP contribution is 2.19. The molecule has 102 valence electrons. The van der Waals surface area contributed by atoms with Crippen LogP contribution in [0.4, 0.5) is 0 Å². The third kappa shape index (κ3) is 6.05. The summed E-state index contributed by atoms with van der Waals surface area (Å²) in [6.45, 7) is 7.30. The van der Waals surface area contributed by atoms with E-state index in [0.717, 1.165) is 25.2 Å². The fraction of sp³-hybridized carbons (Fsp3) is 0.571. The first-order valence-corrected chi connectivity index (χ1v) is 6.84. The molecule has 0 heterocycles. The van der Waals surface area contributed by atoms with Crippen molar-refractivity contribution in [2.24, 2.45) is 5.41 Å². The van der Waals surface area contributed by atoms with E-state index in [1.807, 2.05) is 12.1 Å². The summed E-state index contributed by atoms with van der Waals surface area (Å²) in [5, 5.41) is 4.83. The standard InChI is InChI=1S/C14H22Cl2N2/c1-14(2,10-18(3)4)9-17-8-11-5-12(15)7-13(16)6-11/h5-7,17H,8-10H2,1-4H3. The summed E-state index contributed by atoms with van der Waals surface area (Å²) < 4.78 is 0. The minimum absolute atomic E-state index is 0.242. The van der Waals surface area contributed by atoms with Crippen LogP contribution >= 0.6 is 23.2 Å². The Morgan fingerprint density at radius 1 is 1.11 bits per heavy atom. The van der Waals surface area contributed by atoms with Gasteiger partial charge < -0.3 is 10.2 Å². The number of hydrogen-bond donors (Lipinski definition) is 1. The molecular formula is C14H22Cl2N2. The predicted octanol–water partition coefficient (Wildman–Crippen LogP) is 3.67. The van der Waals surface area contributed by atoms with E-state index in [-0.39, 0.29) is 5.41 Å². The van der Waals surface area contributed by atoms with Gasteiger partial charge in [0, 0.05) is 29.7 Å². The summed E-state index contributed by atoms with van der Waals surface area (Å²) in [5.74, 6) is 0. The number of benzene rings is 1. The smallest absolute Gasteiger partial charge is 0.0424 e. The summed E-state index contributed by atoms with van der Waals surface area (Å²) in [4.78, 5) is 2.21. The van der Waals surface area contributed by atoms with E-state index in [4.69, 9.17) is 23.2 Å². The van der Waals surface area contributed by atoms with Crippen molar-refractivity contribution in [3.63, 3.8) is 0 Å². The lowest BCUT2D eigenvalue weighted by molar-refractivity contribution is 0.232. The minimum Gasteiger partial charge on any atom is -0.312 e. The highest BCUT2D eigenvalue weighted by molar-refractivity contribution is 6.34. The Morgan fingerprint density at radius 3 is 2.17 bits per heavy atom. The molecule has 0 unspecified atom stereocenters. The normalized spacial score (nSPS) is 12.2. The van der Waals surface area contributed by atoms with Gasteiger partial charge in [0.1, 0.15) is 0 Å². The number of rotatable bonds is 6. The van der Waals surface area contributed by atoms with Crippen LogP contribution in [-0.4, -0.2) is 32.1 Å². The molecule has 0 amide bonds. The fourth-order valence-electron chi connectivity index (χ4n) is 2.17. The molecule has 1 aromatic rings. The van der Waals surface area contributed by atoms with Crippen LogP contribution in [0.15, 0.2) is 18.2 Å². The Morgan fingerprint density at radius 2 is 1.67 bits per heavy atom. The lowest BCUT2D eigenvalue weighted by atomic mass is 9.93. The summed E-state index contributed by atoms with van der Waals surface area (Å²) in [7, 11) is 4.19. The van der Waals surface area contributed by atoms with Crippen molar-refractivity contribution >= 4 is 23.2 Å². The summed E-state index contributed by atoms with van der Waals surface area (Å²) in [5.41, 5.74) is 1.36. The maximum atomic E-state index is 5.97. The van der Waals surface area contributed by atoms with E-state index >= 15 is 0 Å². The van der Waals surface area contributed by atoms with E-state index < -0.39 is 0 Å². The number of nitrogens with zero attached hydrogens (tertiary/aromatic N) is 1. The molecule has 0 fully saturated rings. The minimum atomic E-state index is 0.242. The van der Waals surface area contributed by atoms with E-state index in [1.165, 1.54) is 0 Å². The van der Waals surface area contributed by atoms with Gasteiger partial charge in [-0.05, 0) is 43.3 Å². The van der Waals surface area contributed by atoms with Gasteiger partial charge in [0.2, 0.25) is 0 Å². The van der Waals surface area contributed by atoms with Gasteiger partial charge in [-0.1, -0.05) is 37.0 Å². The molecule has 0 radical (unpaired) electrons. The van der Waals surface area contributed by atoms with Crippen LogP contribution in [0.1, 0.15) is 19.4 Å². The van der Waals surface area contributed by atoms with Crippen molar-refractivity contribution in [3.8, 4) is 0 Å². The van der Waals surface area contributed by atoms with Gasteiger partial charge in [0.15, 0.2) is 0 Å². The highest BCUT2D eigenvalue weighted by Gasteiger charge is 2.18. The van der Waals surface area contributed by atoms with Crippen LogP contribution in [0, 0.1) is 5.41 Å². The molecule has 0 spiro atoms. The Kier molecular flexibility index (Phi) is 5.93. The molecule has 0 aliphatic heterocycles. The molecule has 18 heavy (non-hydrogen) atoms. The molecule has 0 aromatic heterocycles. The molecule has 0 aliphatic rings. The van der Waals surface area contributed by atoms with Crippen molar-refractivity contribution in [1.29, 1.82) is 0 Å². The van der Waals surface area contributed by atoms with Gasteiger partial charge in [-0.2, -0.15) is 0 Å². The Labute approximate surface area is 120 Å². The molecule has 0 atom stereocenters. The molecule has 4 heteroatoms. The van der Waals surface area contributed by atoms with E-state index in [0.29, 0.717) is 10.0 Å². The van der Waals surface area contributed by atoms with Crippen LogP contribution in [0.2, 0.25) is 10.0 Å².